The Morgan fingerprint density at radius 3 is 2.70 bits per heavy atom. The van der Waals surface area contributed by atoms with Crippen molar-refractivity contribution >= 4 is 11.6 Å². The predicted molar refractivity (Wildman–Crippen MR) is 112 cm³/mol. The van der Waals surface area contributed by atoms with Crippen molar-refractivity contribution in [2.24, 2.45) is 5.10 Å². The molecule has 1 N–H and O–H groups in total. The molecular weight excluding hydrogens is 382 g/mol. The molecule has 156 valence electrons. The van der Waals surface area contributed by atoms with E-state index in [9.17, 15) is 9.90 Å². The van der Waals surface area contributed by atoms with Crippen LogP contribution >= 0.6 is 0 Å². The van der Waals surface area contributed by atoms with Gasteiger partial charge in [0.25, 0.3) is 0 Å². The average Bonchev–Trinajstić information content (AvgIpc) is 3.21. The lowest BCUT2D eigenvalue weighted by atomic mass is 9.90. The van der Waals surface area contributed by atoms with Gasteiger partial charge in [-0.3, -0.25) is 4.79 Å². The second kappa shape index (κ2) is 6.93. The fourth-order valence-corrected chi connectivity index (χ4v) is 4.79. The SMILES string of the molecule is COc1cccc2c1OC1(CCN(C(C)=O)CC1)N1N=C(c3cccc(O)c3)C[C@@H]21. The molecule has 0 bridgehead atoms. The van der Waals surface area contributed by atoms with Gasteiger partial charge in [-0.1, -0.05) is 24.3 Å². The van der Waals surface area contributed by atoms with Crippen LogP contribution in [-0.4, -0.2) is 52.6 Å². The minimum absolute atomic E-state index is 0.0186. The summed E-state index contributed by atoms with van der Waals surface area (Å²) in [6.45, 7) is 2.86. The molecule has 1 spiro atoms. The van der Waals surface area contributed by atoms with E-state index in [0.717, 1.165) is 22.6 Å². The zero-order valence-electron chi connectivity index (χ0n) is 17.2. The first-order valence-corrected chi connectivity index (χ1v) is 10.3. The Bertz CT molecular complexity index is 1030. The molecule has 5 rings (SSSR count). The van der Waals surface area contributed by atoms with Gasteiger partial charge in [-0.15, -0.1) is 0 Å². The predicted octanol–water partition coefficient (Wildman–Crippen LogP) is 3.28. The fraction of sp³-hybridized carbons (Fsp3) is 0.391. The number of phenols is 1. The number of rotatable bonds is 2. The van der Waals surface area contributed by atoms with E-state index in [1.54, 1.807) is 26.2 Å². The summed E-state index contributed by atoms with van der Waals surface area (Å²) in [5.74, 6) is 1.79. The number of para-hydroxylation sites is 1. The quantitative estimate of drug-likeness (QED) is 0.827. The maximum Gasteiger partial charge on any atom is 0.219 e. The van der Waals surface area contributed by atoms with Crippen LogP contribution in [0, 0.1) is 0 Å². The van der Waals surface area contributed by atoms with Crippen molar-refractivity contribution in [3.8, 4) is 17.2 Å². The number of aromatic hydroxyl groups is 1. The highest BCUT2D eigenvalue weighted by atomic mass is 16.5. The van der Waals surface area contributed by atoms with Crippen molar-refractivity contribution in [1.29, 1.82) is 0 Å². The summed E-state index contributed by atoms with van der Waals surface area (Å²) >= 11 is 0. The summed E-state index contributed by atoms with van der Waals surface area (Å²) in [4.78, 5) is 13.7. The molecule has 1 fully saturated rings. The second-order valence-corrected chi connectivity index (χ2v) is 8.09. The van der Waals surface area contributed by atoms with E-state index in [1.165, 1.54) is 0 Å². The lowest BCUT2D eigenvalue weighted by Gasteiger charge is -2.51. The van der Waals surface area contributed by atoms with Gasteiger partial charge in [-0.25, -0.2) is 5.01 Å². The van der Waals surface area contributed by atoms with Crippen LogP contribution in [0.3, 0.4) is 0 Å². The Kier molecular flexibility index (Phi) is 4.34. The number of hydrazone groups is 1. The number of phenolic OH excluding ortho intramolecular Hbond substituents is 1. The number of methoxy groups -OCH3 is 1. The van der Waals surface area contributed by atoms with Gasteiger partial charge in [-0.05, 0) is 18.2 Å². The topological polar surface area (TPSA) is 74.6 Å². The van der Waals surface area contributed by atoms with Crippen LogP contribution in [0.2, 0.25) is 0 Å². The molecule has 3 aliphatic heterocycles. The van der Waals surface area contributed by atoms with Crippen LogP contribution < -0.4 is 9.47 Å². The summed E-state index contributed by atoms with van der Waals surface area (Å²) in [6.07, 6.45) is 2.04. The maximum absolute atomic E-state index is 11.9. The van der Waals surface area contributed by atoms with Crippen molar-refractivity contribution in [3.63, 3.8) is 0 Å². The summed E-state index contributed by atoms with van der Waals surface area (Å²) in [5, 5.41) is 17.0. The molecule has 2 aromatic carbocycles. The van der Waals surface area contributed by atoms with E-state index >= 15 is 0 Å². The molecule has 1 saturated heterocycles. The number of hydrogen-bond acceptors (Lipinski definition) is 6. The minimum Gasteiger partial charge on any atom is -0.508 e. The normalized spacial score (nSPS) is 21.5. The van der Waals surface area contributed by atoms with Crippen LogP contribution in [0.25, 0.3) is 0 Å². The maximum atomic E-state index is 11.9. The molecule has 3 aliphatic rings. The third-order valence-corrected chi connectivity index (χ3v) is 6.38. The lowest BCUT2D eigenvalue weighted by Crippen LogP contribution is -2.59. The largest absolute Gasteiger partial charge is 0.508 e. The molecule has 7 heteroatoms. The number of benzene rings is 2. The Balaban J connectivity index is 1.58. The summed E-state index contributed by atoms with van der Waals surface area (Å²) in [7, 11) is 1.65. The second-order valence-electron chi connectivity index (χ2n) is 8.09. The lowest BCUT2D eigenvalue weighted by molar-refractivity contribution is -0.159. The Morgan fingerprint density at radius 2 is 2.00 bits per heavy atom. The Labute approximate surface area is 175 Å². The molecule has 0 aliphatic carbocycles. The Hall–Kier alpha value is -3.22. The number of fused-ring (bicyclic) bond motifs is 4. The molecule has 0 radical (unpaired) electrons. The van der Waals surface area contributed by atoms with Crippen LogP contribution in [0.4, 0.5) is 0 Å². The number of carbonyl (C=O) groups excluding carboxylic acids is 1. The zero-order chi connectivity index (χ0) is 20.9. The monoisotopic (exact) mass is 407 g/mol. The highest BCUT2D eigenvalue weighted by molar-refractivity contribution is 6.02. The summed E-state index contributed by atoms with van der Waals surface area (Å²) in [5.41, 5.74) is 2.25. The number of nitrogens with zero attached hydrogens (tertiary/aromatic N) is 3. The summed E-state index contributed by atoms with van der Waals surface area (Å²) < 4.78 is 12.2. The Morgan fingerprint density at radius 1 is 1.23 bits per heavy atom. The fourth-order valence-electron chi connectivity index (χ4n) is 4.79. The van der Waals surface area contributed by atoms with E-state index in [4.69, 9.17) is 14.6 Å². The molecule has 0 saturated carbocycles. The molecular formula is C23H25N3O4. The molecule has 1 amide bonds. The standard InChI is InChI=1S/C23H25N3O4/c1-15(27)25-11-9-23(10-12-25)26-20(18-7-4-8-21(29-2)22(18)30-23)14-19(24-26)16-5-3-6-17(28)13-16/h3-8,13,20,28H,9-12,14H2,1-2H3/t20-/m0/s1. The average molecular weight is 407 g/mol. The van der Waals surface area contributed by atoms with E-state index in [1.807, 2.05) is 29.2 Å². The van der Waals surface area contributed by atoms with Crippen molar-refractivity contribution < 1.29 is 19.4 Å². The van der Waals surface area contributed by atoms with E-state index in [2.05, 4.69) is 11.1 Å². The number of piperidine rings is 1. The van der Waals surface area contributed by atoms with Crippen molar-refractivity contribution in [3.05, 3.63) is 53.6 Å². The number of carbonyl (C=O) groups is 1. The van der Waals surface area contributed by atoms with Crippen LogP contribution in [0.1, 0.15) is 43.4 Å². The van der Waals surface area contributed by atoms with Gasteiger partial charge >= 0.3 is 0 Å². The number of hydrogen-bond donors (Lipinski definition) is 1. The van der Waals surface area contributed by atoms with Crippen molar-refractivity contribution in [1.82, 2.24) is 9.91 Å². The zero-order valence-corrected chi connectivity index (χ0v) is 17.2. The van der Waals surface area contributed by atoms with Crippen LogP contribution in [0.5, 0.6) is 17.2 Å². The van der Waals surface area contributed by atoms with Gasteiger partial charge in [0.2, 0.25) is 11.6 Å². The third kappa shape index (κ3) is 2.88. The first-order chi connectivity index (χ1) is 14.5. The number of ether oxygens (including phenoxy) is 2. The first kappa shape index (κ1) is 18.8. The van der Waals surface area contributed by atoms with Crippen LogP contribution in [-0.2, 0) is 4.79 Å². The highest BCUT2D eigenvalue weighted by Crippen LogP contribution is 2.52. The van der Waals surface area contributed by atoms with Gasteiger partial charge in [0.05, 0.1) is 18.9 Å². The molecule has 3 heterocycles. The van der Waals surface area contributed by atoms with Gasteiger partial charge < -0.3 is 19.5 Å². The van der Waals surface area contributed by atoms with Gasteiger partial charge in [-0.2, -0.15) is 5.10 Å². The van der Waals surface area contributed by atoms with E-state index in [0.29, 0.717) is 38.1 Å². The van der Waals surface area contributed by atoms with E-state index in [-0.39, 0.29) is 17.7 Å². The number of likely N-dealkylation sites (tertiary alicyclic amines) is 1. The minimum atomic E-state index is -0.628. The van der Waals surface area contributed by atoms with Gasteiger partial charge in [0.15, 0.2) is 11.5 Å². The molecule has 2 aromatic rings. The van der Waals surface area contributed by atoms with Crippen LogP contribution in [0.15, 0.2) is 47.6 Å². The third-order valence-electron chi connectivity index (χ3n) is 6.38. The highest BCUT2D eigenvalue weighted by Gasteiger charge is 2.52. The van der Waals surface area contributed by atoms with Crippen molar-refractivity contribution in [2.75, 3.05) is 20.2 Å². The van der Waals surface area contributed by atoms with Gasteiger partial charge in [0, 0.05) is 50.4 Å². The van der Waals surface area contributed by atoms with Crippen molar-refractivity contribution in [2.45, 2.75) is 38.0 Å². The summed E-state index contributed by atoms with van der Waals surface area (Å²) in [6, 6.07) is 13.2. The molecule has 0 aromatic heterocycles. The van der Waals surface area contributed by atoms with E-state index < -0.39 is 5.72 Å². The molecule has 0 unspecified atom stereocenters. The number of amides is 1. The molecule has 1 atom stereocenters. The van der Waals surface area contributed by atoms with Gasteiger partial charge in [0.1, 0.15) is 5.75 Å². The molecule has 7 nitrogen and oxygen atoms in total. The molecule has 30 heavy (non-hydrogen) atoms. The first-order valence-electron chi connectivity index (χ1n) is 10.3. The smallest absolute Gasteiger partial charge is 0.219 e.